The van der Waals surface area contributed by atoms with Gasteiger partial charge in [0.15, 0.2) is 5.65 Å². The zero-order chi connectivity index (χ0) is 27.3. The number of piperazine rings is 1. The Kier molecular flexibility index (Phi) is 6.89. The van der Waals surface area contributed by atoms with Crippen molar-refractivity contribution < 1.29 is 13.6 Å². The SMILES string of the molecule is C[C@@H]1CN(CC(=O)N2CC(C)(C)c3c2cc(Cc2ccc(F)cc2)c2ncnn32)[C@@H](CN2CC[C@H](F)C2)CN1. The number of alkyl halides is 1. The highest BCUT2D eigenvalue weighted by molar-refractivity contribution is 5.97. The Morgan fingerprint density at radius 1 is 1.21 bits per heavy atom. The summed E-state index contributed by atoms with van der Waals surface area (Å²) >= 11 is 0. The topological polar surface area (TPSA) is 69.0 Å². The van der Waals surface area contributed by atoms with Crippen LogP contribution in [0.4, 0.5) is 14.5 Å². The van der Waals surface area contributed by atoms with E-state index in [0.29, 0.717) is 32.5 Å². The molecule has 0 radical (unpaired) electrons. The van der Waals surface area contributed by atoms with Gasteiger partial charge < -0.3 is 10.2 Å². The molecule has 1 amide bonds. The van der Waals surface area contributed by atoms with Gasteiger partial charge in [-0.05, 0) is 37.1 Å². The van der Waals surface area contributed by atoms with Crippen LogP contribution < -0.4 is 10.2 Å². The fourth-order valence-corrected chi connectivity index (χ4v) is 6.51. The molecule has 0 aliphatic carbocycles. The highest BCUT2D eigenvalue weighted by Crippen LogP contribution is 2.42. The average Bonchev–Trinajstić information content (AvgIpc) is 3.60. The van der Waals surface area contributed by atoms with E-state index < -0.39 is 6.17 Å². The zero-order valence-corrected chi connectivity index (χ0v) is 22.9. The van der Waals surface area contributed by atoms with Crippen molar-refractivity contribution in [2.45, 2.75) is 57.3 Å². The zero-order valence-electron chi connectivity index (χ0n) is 22.9. The number of carbonyl (C=O) groups excluding carboxylic acids is 1. The van der Waals surface area contributed by atoms with Gasteiger partial charge in [-0.3, -0.25) is 14.6 Å². The van der Waals surface area contributed by atoms with Crippen molar-refractivity contribution in [1.29, 1.82) is 0 Å². The van der Waals surface area contributed by atoms with E-state index in [0.717, 1.165) is 54.3 Å². The summed E-state index contributed by atoms with van der Waals surface area (Å²) in [7, 11) is 0. The van der Waals surface area contributed by atoms with Crippen LogP contribution >= 0.6 is 0 Å². The van der Waals surface area contributed by atoms with Crippen LogP contribution in [0.3, 0.4) is 0 Å². The number of pyridine rings is 1. The summed E-state index contributed by atoms with van der Waals surface area (Å²) in [5.74, 6) is -0.216. The summed E-state index contributed by atoms with van der Waals surface area (Å²) in [5, 5.41) is 8.09. The van der Waals surface area contributed by atoms with Crippen molar-refractivity contribution in [3.05, 3.63) is 59.3 Å². The number of halogens is 2. The lowest BCUT2D eigenvalue weighted by Crippen LogP contribution is -2.60. The lowest BCUT2D eigenvalue weighted by atomic mass is 9.90. The van der Waals surface area contributed by atoms with Crippen LogP contribution in [-0.2, 0) is 16.6 Å². The molecule has 1 aromatic carbocycles. The van der Waals surface area contributed by atoms with Crippen LogP contribution in [0.5, 0.6) is 0 Å². The summed E-state index contributed by atoms with van der Waals surface area (Å²) in [6, 6.07) is 8.98. The molecule has 0 saturated carbocycles. The molecule has 5 heterocycles. The molecule has 2 aromatic heterocycles. The number of rotatable bonds is 6. The monoisotopic (exact) mass is 537 g/mol. The Hall–Kier alpha value is -2.95. The standard InChI is InChI=1S/C29H37F2N7O/c1-19-13-36(24(12-32-19)15-35-9-8-23(31)14-35)16-26(39)37-17-29(2,3)27-25(37)11-21(28-33-18-34-38(27)28)10-20-4-6-22(30)7-5-20/h4-7,11,18-19,23-24,32H,8-10,12-17H2,1-3H3/t19-,23+,24-/m1/s1. The lowest BCUT2D eigenvalue weighted by Gasteiger charge is -2.41. The van der Waals surface area contributed by atoms with Crippen LogP contribution in [0, 0.1) is 5.82 Å². The average molecular weight is 538 g/mol. The Morgan fingerprint density at radius 3 is 2.74 bits per heavy atom. The first-order valence-electron chi connectivity index (χ1n) is 13.9. The molecule has 0 unspecified atom stereocenters. The van der Waals surface area contributed by atoms with E-state index in [1.807, 2.05) is 9.42 Å². The van der Waals surface area contributed by atoms with Gasteiger partial charge in [0, 0.05) is 68.8 Å². The molecular weight excluding hydrogens is 500 g/mol. The molecule has 2 fully saturated rings. The largest absolute Gasteiger partial charge is 0.311 e. The summed E-state index contributed by atoms with van der Waals surface area (Å²) in [5.41, 5.74) is 4.19. The minimum atomic E-state index is -0.753. The lowest BCUT2D eigenvalue weighted by molar-refractivity contribution is -0.120. The molecule has 3 aliphatic rings. The van der Waals surface area contributed by atoms with Crippen LogP contribution in [0.15, 0.2) is 36.7 Å². The molecule has 0 spiro atoms. The fraction of sp³-hybridized carbons (Fsp3) is 0.552. The van der Waals surface area contributed by atoms with E-state index in [-0.39, 0.29) is 29.2 Å². The van der Waals surface area contributed by atoms with Gasteiger partial charge in [0.25, 0.3) is 0 Å². The summed E-state index contributed by atoms with van der Waals surface area (Å²) in [6.45, 7) is 10.8. The number of nitrogens with zero attached hydrogens (tertiary/aromatic N) is 6. The van der Waals surface area contributed by atoms with Crippen LogP contribution in [0.2, 0.25) is 0 Å². The van der Waals surface area contributed by atoms with Crippen molar-refractivity contribution in [3.63, 3.8) is 0 Å². The number of aromatic nitrogens is 3. The molecule has 3 aromatic rings. The van der Waals surface area contributed by atoms with Crippen LogP contribution in [0.25, 0.3) is 5.65 Å². The van der Waals surface area contributed by atoms with E-state index in [9.17, 15) is 13.6 Å². The summed E-state index contributed by atoms with van der Waals surface area (Å²) in [6.07, 6.45) is 1.95. The van der Waals surface area contributed by atoms with Crippen molar-refractivity contribution in [2.24, 2.45) is 0 Å². The molecule has 8 nitrogen and oxygen atoms in total. The second-order valence-corrected chi connectivity index (χ2v) is 12.1. The predicted octanol–water partition coefficient (Wildman–Crippen LogP) is 2.79. The van der Waals surface area contributed by atoms with E-state index in [4.69, 9.17) is 0 Å². The van der Waals surface area contributed by atoms with Gasteiger partial charge in [-0.2, -0.15) is 5.10 Å². The van der Waals surface area contributed by atoms with Gasteiger partial charge in [-0.1, -0.05) is 26.0 Å². The second kappa shape index (κ2) is 10.2. The number of amides is 1. The quantitative estimate of drug-likeness (QED) is 0.522. The number of hydrogen-bond acceptors (Lipinski definition) is 6. The van der Waals surface area contributed by atoms with E-state index >= 15 is 0 Å². The number of fused-ring (bicyclic) bond motifs is 3. The molecule has 208 valence electrons. The number of hydrogen-bond donors (Lipinski definition) is 1. The maximum atomic E-state index is 14.0. The Balaban J connectivity index is 1.28. The highest BCUT2D eigenvalue weighted by atomic mass is 19.1. The minimum Gasteiger partial charge on any atom is -0.311 e. The molecule has 10 heteroatoms. The molecule has 3 atom stereocenters. The first-order valence-corrected chi connectivity index (χ1v) is 13.9. The predicted molar refractivity (Wildman–Crippen MR) is 146 cm³/mol. The molecular formula is C29H37F2N7O. The third kappa shape index (κ3) is 5.17. The molecule has 2 saturated heterocycles. The number of benzene rings is 1. The van der Waals surface area contributed by atoms with Crippen molar-refractivity contribution in [1.82, 2.24) is 29.7 Å². The molecule has 1 N–H and O–H groups in total. The summed E-state index contributed by atoms with van der Waals surface area (Å²) < 4.78 is 29.2. The number of carbonyl (C=O) groups is 1. The van der Waals surface area contributed by atoms with Crippen molar-refractivity contribution in [2.75, 3.05) is 50.7 Å². The van der Waals surface area contributed by atoms with E-state index in [1.54, 1.807) is 18.5 Å². The number of anilines is 1. The van der Waals surface area contributed by atoms with Gasteiger partial charge in [-0.25, -0.2) is 18.3 Å². The Bertz CT molecular complexity index is 1360. The second-order valence-electron chi connectivity index (χ2n) is 12.1. The van der Waals surface area contributed by atoms with Gasteiger partial charge in [0.1, 0.15) is 18.3 Å². The fourth-order valence-electron chi connectivity index (χ4n) is 6.51. The van der Waals surface area contributed by atoms with E-state index in [2.05, 4.69) is 52.0 Å². The third-order valence-corrected chi connectivity index (χ3v) is 8.44. The van der Waals surface area contributed by atoms with Crippen LogP contribution in [-0.4, -0.2) is 94.4 Å². The van der Waals surface area contributed by atoms with Crippen molar-refractivity contribution in [3.8, 4) is 0 Å². The number of likely N-dealkylation sites (tertiary alicyclic amines) is 1. The van der Waals surface area contributed by atoms with Gasteiger partial charge >= 0.3 is 0 Å². The smallest absolute Gasteiger partial charge is 0.241 e. The first-order chi connectivity index (χ1) is 18.7. The maximum absolute atomic E-state index is 14.0. The Labute approximate surface area is 228 Å². The van der Waals surface area contributed by atoms with E-state index in [1.165, 1.54) is 12.1 Å². The molecule has 39 heavy (non-hydrogen) atoms. The molecule has 3 aliphatic heterocycles. The maximum Gasteiger partial charge on any atom is 0.241 e. The van der Waals surface area contributed by atoms with Crippen LogP contribution in [0.1, 0.15) is 44.0 Å². The van der Waals surface area contributed by atoms with Crippen molar-refractivity contribution >= 4 is 17.2 Å². The molecule has 6 rings (SSSR count). The third-order valence-electron chi connectivity index (χ3n) is 8.44. The molecule has 0 bridgehead atoms. The minimum absolute atomic E-state index is 0.0536. The Morgan fingerprint density at radius 2 is 2.00 bits per heavy atom. The summed E-state index contributed by atoms with van der Waals surface area (Å²) in [4.78, 5) is 24.9. The number of nitrogens with one attached hydrogen (secondary N) is 1. The highest BCUT2D eigenvalue weighted by Gasteiger charge is 2.42. The van der Waals surface area contributed by atoms with Gasteiger partial charge in [-0.15, -0.1) is 0 Å². The van der Waals surface area contributed by atoms with Gasteiger partial charge in [0.2, 0.25) is 5.91 Å². The first kappa shape index (κ1) is 26.3. The van der Waals surface area contributed by atoms with Gasteiger partial charge in [0.05, 0.1) is 17.9 Å². The normalized spacial score (nSPS) is 25.5.